The lowest BCUT2D eigenvalue weighted by Crippen LogP contribution is -2.41. The Bertz CT molecular complexity index is 553. The van der Waals surface area contributed by atoms with Gasteiger partial charge in [0.2, 0.25) is 0 Å². The SMILES string of the molecule is CSC1CCCC1NC(=O)Nc1cc(C(=O)O)ccc1Br. The fourth-order valence-electron chi connectivity index (χ4n) is 2.45. The number of urea groups is 1. The number of halogens is 1. The number of rotatable bonds is 4. The van der Waals surface area contributed by atoms with Gasteiger partial charge in [0.15, 0.2) is 0 Å². The van der Waals surface area contributed by atoms with E-state index in [0.29, 0.717) is 15.4 Å². The summed E-state index contributed by atoms with van der Waals surface area (Å²) in [5, 5.41) is 15.1. The quantitative estimate of drug-likeness (QED) is 0.754. The molecule has 0 aromatic heterocycles. The molecule has 0 spiro atoms. The first-order chi connectivity index (χ1) is 10.0. The minimum absolute atomic E-state index is 0.136. The van der Waals surface area contributed by atoms with Crippen LogP contribution in [0.4, 0.5) is 10.5 Å². The van der Waals surface area contributed by atoms with E-state index in [4.69, 9.17) is 5.11 Å². The number of carboxylic acids is 1. The summed E-state index contributed by atoms with van der Waals surface area (Å²) in [5.74, 6) is -1.02. The van der Waals surface area contributed by atoms with Crippen molar-refractivity contribution in [3.63, 3.8) is 0 Å². The number of aromatic carboxylic acids is 1. The smallest absolute Gasteiger partial charge is 0.335 e. The molecule has 1 fully saturated rings. The first kappa shape index (κ1) is 16.2. The summed E-state index contributed by atoms with van der Waals surface area (Å²) in [4.78, 5) is 23.0. The van der Waals surface area contributed by atoms with Crippen molar-refractivity contribution in [2.24, 2.45) is 0 Å². The van der Waals surface area contributed by atoms with Gasteiger partial charge in [-0.15, -0.1) is 0 Å². The number of carbonyl (C=O) groups excluding carboxylic acids is 1. The first-order valence-corrected chi connectivity index (χ1v) is 8.72. The molecule has 1 aromatic rings. The van der Waals surface area contributed by atoms with E-state index in [9.17, 15) is 9.59 Å². The number of hydrogen-bond donors (Lipinski definition) is 3. The first-order valence-electron chi connectivity index (χ1n) is 6.64. The molecule has 1 saturated carbocycles. The van der Waals surface area contributed by atoms with Gasteiger partial charge in [0, 0.05) is 15.8 Å². The highest BCUT2D eigenvalue weighted by molar-refractivity contribution is 9.10. The van der Waals surface area contributed by atoms with E-state index in [1.165, 1.54) is 12.1 Å². The van der Waals surface area contributed by atoms with Crippen molar-refractivity contribution in [1.82, 2.24) is 5.32 Å². The maximum absolute atomic E-state index is 12.1. The molecular weight excluding hydrogens is 356 g/mol. The maximum atomic E-state index is 12.1. The van der Waals surface area contributed by atoms with Crippen molar-refractivity contribution < 1.29 is 14.7 Å². The third-order valence-electron chi connectivity index (χ3n) is 3.53. The van der Waals surface area contributed by atoms with Crippen LogP contribution >= 0.6 is 27.7 Å². The van der Waals surface area contributed by atoms with Crippen molar-refractivity contribution in [3.05, 3.63) is 28.2 Å². The summed E-state index contributed by atoms with van der Waals surface area (Å²) in [6, 6.07) is 4.40. The predicted octanol–water partition coefficient (Wildman–Crippen LogP) is 3.55. The molecule has 114 valence electrons. The third-order valence-corrected chi connectivity index (χ3v) is 5.39. The Balaban J connectivity index is 2.02. The maximum Gasteiger partial charge on any atom is 0.335 e. The standard InChI is InChI=1S/C14H17BrN2O3S/c1-21-12-4-2-3-10(12)16-14(20)17-11-7-8(13(18)19)5-6-9(11)15/h5-7,10,12H,2-4H2,1H3,(H,18,19)(H2,16,17,20). The van der Waals surface area contributed by atoms with Crippen molar-refractivity contribution in [3.8, 4) is 0 Å². The summed E-state index contributed by atoms with van der Waals surface area (Å²) in [6.07, 6.45) is 5.27. The van der Waals surface area contributed by atoms with E-state index in [2.05, 4.69) is 32.8 Å². The number of amides is 2. The summed E-state index contributed by atoms with van der Waals surface area (Å²) in [6.45, 7) is 0. The zero-order valence-electron chi connectivity index (χ0n) is 11.6. The molecule has 5 nitrogen and oxygen atoms in total. The Morgan fingerprint density at radius 1 is 1.38 bits per heavy atom. The van der Waals surface area contributed by atoms with Crippen LogP contribution in [0.1, 0.15) is 29.6 Å². The monoisotopic (exact) mass is 372 g/mol. The highest BCUT2D eigenvalue weighted by atomic mass is 79.9. The normalized spacial score (nSPS) is 21.0. The van der Waals surface area contributed by atoms with Crippen molar-refractivity contribution in [2.75, 3.05) is 11.6 Å². The number of thioether (sulfide) groups is 1. The van der Waals surface area contributed by atoms with Gasteiger partial charge in [-0.2, -0.15) is 11.8 Å². The minimum atomic E-state index is -1.02. The van der Waals surface area contributed by atoms with Crippen LogP contribution in [0, 0.1) is 0 Å². The van der Waals surface area contributed by atoms with Crippen LogP contribution in [0.2, 0.25) is 0 Å². The Kier molecular flexibility index (Phi) is 5.52. The molecule has 0 heterocycles. The van der Waals surface area contributed by atoms with Crippen LogP contribution in [0.25, 0.3) is 0 Å². The fraction of sp³-hybridized carbons (Fsp3) is 0.429. The van der Waals surface area contributed by atoms with E-state index >= 15 is 0 Å². The molecule has 0 bridgehead atoms. The van der Waals surface area contributed by atoms with E-state index in [1.54, 1.807) is 17.8 Å². The fourth-order valence-corrected chi connectivity index (χ4v) is 3.73. The van der Waals surface area contributed by atoms with Gasteiger partial charge in [0.1, 0.15) is 0 Å². The van der Waals surface area contributed by atoms with Crippen LogP contribution in [0.15, 0.2) is 22.7 Å². The molecule has 1 aliphatic carbocycles. The van der Waals surface area contributed by atoms with Crippen LogP contribution in [0.3, 0.4) is 0 Å². The second-order valence-electron chi connectivity index (χ2n) is 4.91. The molecule has 0 aliphatic heterocycles. The summed E-state index contributed by atoms with van der Waals surface area (Å²) < 4.78 is 0.649. The Hall–Kier alpha value is -1.21. The molecule has 7 heteroatoms. The number of hydrogen-bond acceptors (Lipinski definition) is 3. The van der Waals surface area contributed by atoms with E-state index < -0.39 is 5.97 Å². The Labute approximate surface area is 136 Å². The average molecular weight is 373 g/mol. The Morgan fingerprint density at radius 2 is 2.14 bits per heavy atom. The summed E-state index contributed by atoms with van der Waals surface area (Å²) in [5.41, 5.74) is 0.586. The van der Waals surface area contributed by atoms with Crippen LogP contribution in [-0.2, 0) is 0 Å². The molecule has 2 amide bonds. The van der Waals surface area contributed by atoms with Gasteiger partial charge in [-0.25, -0.2) is 9.59 Å². The number of carboxylic acid groups (broad SMARTS) is 1. The molecular formula is C14H17BrN2O3S. The molecule has 21 heavy (non-hydrogen) atoms. The number of nitrogens with one attached hydrogen (secondary N) is 2. The second-order valence-corrected chi connectivity index (χ2v) is 6.84. The molecule has 0 saturated heterocycles. The minimum Gasteiger partial charge on any atom is -0.478 e. The third kappa shape index (κ3) is 4.14. The summed E-state index contributed by atoms with van der Waals surface area (Å²) in [7, 11) is 0. The lowest BCUT2D eigenvalue weighted by molar-refractivity contribution is 0.0697. The molecule has 1 aliphatic rings. The van der Waals surface area contributed by atoms with Gasteiger partial charge in [-0.1, -0.05) is 6.42 Å². The average Bonchev–Trinajstić information content (AvgIpc) is 2.88. The van der Waals surface area contributed by atoms with Crippen molar-refractivity contribution >= 4 is 45.4 Å². The zero-order valence-corrected chi connectivity index (χ0v) is 14.0. The molecule has 0 radical (unpaired) electrons. The zero-order chi connectivity index (χ0) is 15.4. The van der Waals surface area contributed by atoms with E-state index in [0.717, 1.165) is 19.3 Å². The van der Waals surface area contributed by atoms with Crippen LogP contribution in [-0.4, -0.2) is 34.7 Å². The van der Waals surface area contributed by atoms with Gasteiger partial charge in [0.05, 0.1) is 11.3 Å². The highest BCUT2D eigenvalue weighted by Crippen LogP contribution is 2.29. The van der Waals surface area contributed by atoms with E-state index in [-0.39, 0.29) is 17.6 Å². The number of carbonyl (C=O) groups is 2. The van der Waals surface area contributed by atoms with Crippen LogP contribution in [0.5, 0.6) is 0 Å². The molecule has 2 rings (SSSR count). The number of anilines is 1. The topological polar surface area (TPSA) is 78.4 Å². The molecule has 1 aromatic carbocycles. The Morgan fingerprint density at radius 3 is 2.81 bits per heavy atom. The lowest BCUT2D eigenvalue weighted by Gasteiger charge is -2.19. The van der Waals surface area contributed by atoms with Gasteiger partial charge in [0.25, 0.3) is 0 Å². The van der Waals surface area contributed by atoms with Gasteiger partial charge >= 0.3 is 12.0 Å². The lowest BCUT2D eigenvalue weighted by atomic mass is 10.2. The molecule has 2 unspecified atom stereocenters. The number of benzene rings is 1. The van der Waals surface area contributed by atoms with Crippen LogP contribution < -0.4 is 10.6 Å². The second kappa shape index (κ2) is 7.17. The van der Waals surface area contributed by atoms with Gasteiger partial charge in [-0.3, -0.25) is 0 Å². The highest BCUT2D eigenvalue weighted by Gasteiger charge is 2.27. The largest absolute Gasteiger partial charge is 0.478 e. The van der Waals surface area contributed by atoms with Crippen molar-refractivity contribution in [2.45, 2.75) is 30.6 Å². The van der Waals surface area contributed by atoms with Gasteiger partial charge in [-0.05, 0) is 53.2 Å². The molecule has 2 atom stereocenters. The van der Waals surface area contributed by atoms with E-state index in [1.807, 2.05) is 0 Å². The summed E-state index contributed by atoms with van der Waals surface area (Å²) >= 11 is 5.08. The molecule has 3 N–H and O–H groups in total. The predicted molar refractivity (Wildman–Crippen MR) is 88.2 cm³/mol. The van der Waals surface area contributed by atoms with Crippen molar-refractivity contribution in [1.29, 1.82) is 0 Å². The van der Waals surface area contributed by atoms with Gasteiger partial charge < -0.3 is 15.7 Å².